The SMILES string of the molecule is O=C1OCC2C1N(c1ccccc1)C(=O)N2c1ccccc1. The summed E-state index contributed by atoms with van der Waals surface area (Å²) < 4.78 is 5.20. The van der Waals surface area contributed by atoms with Gasteiger partial charge in [0, 0.05) is 11.4 Å². The molecule has 0 bridgehead atoms. The lowest BCUT2D eigenvalue weighted by molar-refractivity contribution is -0.138. The van der Waals surface area contributed by atoms with Crippen LogP contribution in [0.1, 0.15) is 0 Å². The van der Waals surface area contributed by atoms with Crippen LogP contribution in [0.4, 0.5) is 16.2 Å². The van der Waals surface area contributed by atoms with Gasteiger partial charge in [-0.25, -0.2) is 9.59 Å². The molecule has 110 valence electrons. The van der Waals surface area contributed by atoms with Crippen LogP contribution in [0.3, 0.4) is 0 Å². The maximum absolute atomic E-state index is 12.9. The Kier molecular flexibility index (Phi) is 2.85. The van der Waals surface area contributed by atoms with Gasteiger partial charge in [0.25, 0.3) is 0 Å². The highest BCUT2D eigenvalue weighted by atomic mass is 16.5. The molecule has 2 saturated heterocycles. The smallest absolute Gasteiger partial charge is 0.331 e. The third-order valence-electron chi connectivity index (χ3n) is 4.09. The highest BCUT2D eigenvalue weighted by molar-refractivity contribution is 6.12. The van der Waals surface area contributed by atoms with E-state index in [1.54, 1.807) is 4.90 Å². The van der Waals surface area contributed by atoms with Gasteiger partial charge in [0.2, 0.25) is 0 Å². The van der Waals surface area contributed by atoms with Gasteiger partial charge < -0.3 is 4.74 Å². The Labute approximate surface area is 127 Å². The molecule has 5 heteroatoms. The largest absolute Gasteiger partial charge is 0.462 e. The normalized spacial score (nSPS) is 23.6. The van der Waals surface area contributed by atoms with Crippen LogP contribution in [0.15, 0.2) is 60.7 Å². The molecule has 2 fully saturated rings. The number of hydrogen-bond acceptors (Lipinski definition) is 3. The molecule has 0 radical (unpaired) electrons. The van der Waals surface area contributed by atoms with Gasteiger partial charge in [0.1, 0.15) is 12.6 Å². The number of carbonyl (C=O) groups is 2. The highest BCUT2D eigenvalue weighted by Gasteiger charge is 2.55. The molecule has 0 aliphatic carbocycles. The molecule has 2 aromatic rings. The summed E-state index contributed by atoms with van der Waals surface area (Å²) in [5.41, 5.74) is 1.49. The van der Waals surface area contributed by atoms with Crippen LogP contribution in [0.25, 0.3) is 0 Å². The summed E-state index contributed by atoms with van der Waals surface area (Å²) in [5.74, 6) is -0.347. The molecule has 0 aromatic heterocycles. The number of benzene rings is 2. The molecule has 2 amide bonds. The number of hydrogen-bond donors (Lipinski definition) is 0. The maximum atomic E-state index is 12.9. The third-order valence-corrected chi connectivity index (χ3v) is 4.09. The standard InChI is InChI=1S/C17H14N2O3/c20-16-15-14(11-22-16)18(12-7-3-1-4-8-12)17(21)19(15)13-9-5-2-6-10-13/h1-10,14-15H,11H2. The lowest BCUT2D eigenvalue weighted by Crippen LogP contribution is -2.39. The lowest BCUT2D eigenvalue weighted by Gasteiger charge is -2.22. The van der Waals surface area contributed by atoms with Crippen molar-refractivity contribution in [3.63, 3.8) is 0 Å². The summed E-state index contributed by atoms with van der Waals surface area (Å²) in [6.45, 7) is 0.230. The van der Waals surface area contributed by atoms with E-state index in [9.17, 15) is 9.59 Å². The molecule has 5 nitrogen and oxygen atoms in total. The Hall–Kier alpha value is -2.82. The summed E-state index contributed by atoms with van der Waals surface area (Å²) in [6, 6.07) is 17.5. The first-order valence-electron chi connectivity index (χ1n) is 7.16. The molecular weight excluding hydrogens is 280 g/mol. The van der Waals surface area contributed by atoms with E-state index >= 15 is 0 Å². The molecule has 2 aromatic carbocycles. The number of anilines is 2. The van der Waals surface area contributed by atoms with Crippen molar-refractivity contribution in [2.75, 3.05) is 16.4 Å². The number of amides is 2. The van der Waals surface area contributed by atoms with Crippen LogP contribution < -0.4 is 9.80 Å². The lowest BCUT2D eigenvalue weighted by atomic mass is 10.1. The molecule has 22 heavy (non-hydrogen) atoms. The Balaban J connectivity index is 1.80. The van der Waals surface area contributed by atoms with Crippen LogP contribution in [-0.4, -0.2) is 30.7 Å². The number of fused-ring (bicyclic) bond motifs is 1. The van der Waals surface area contributed by atoms with E-state index in [1.165, 1.54) is 4.90 Å². The summed E-state index contributed by atoms with van der Waals surface area (Å²) in [7, 11) is 0. The number of esters is 1. The molecule has 2 heterocycles. The molecule has 2 aliphatic heterocycles. The molecular formula is C17H14N2O3. The van der Waals surface area contributed by atoms with Crippen molar-refractivity contribution in [2.45, 2.75) is 12.1 Å². The van der Waals surface area contributed by atoms with Crippen molar-refractivity contribution in [1.29, 1.82) is 0 Å². The van der Waals surface area contributed by atoms with Gasteiger partial charge in [-0.15, -0.1) is 0 Å². The van der Waals surface area contributed by atoms with E-state index in [4.69, 9.17) is 4.74 Å². The second kappa shape index (κ2) is 4.87. The second-order valence-electron chi connectivity index (χ2n) is 5.34. The number of cyclic esters (lactones) is 1. The Morgan fingerprint density at radius 3 is 1.95 bits per heavy atom. The number of nitrogens with zero attached hydrogens (tertiary/aromatic N) is 2. The van der Waals surface area contributed by atoms with Gasteiger partial charge in [0.05, 0.1) is 0 Å². The summed E-state index contributed by atoms with van der Waals surface area (Å²) in [4.78, 5) is 28.2. The predicted octanol–water partition coefficient (Wildman–Crippen LogP) is 2.43. The first kappa shape index (κ1) is 12.9. The number of carbonyl (C=O) groups excluding carboxylic acids is 2. The number of ether oxygens (including phenoxy) is 1. The van der Waals surface area contributed by atoms with Crippen molar-refractivity contribution >= 4 is 23.4 Å². The second-order valence-corrected chi connectivity index (χ2v) is 5.34. The zero-order valence-electron chi connectivity index (χ0n) is 11.8. The highest BCUT2D eigenvalue weighted by Crippen LogP contribution is 2.36. The summed E-state index contributed by atoms with van der Waals surface area (Å²) in [6.07, 6.45) is 0. The van der Waals surface area contributed by atoms with Crippen molar-refractivity contribution in [1.82, 2.24) is 0 Å². The quantitative estimate of drug-likeness (QED) is 0.799. The Morgan fingerprint density at radius 1 is 0.818 bits per heavy atom. The average molecular weight is 294 g/mol. The average Bonchev–Trinajstić information content (AvgIpc) is 3.06. The van der Waals surface area contributed by atoms with Gasteiger partial charge >= 0.3 is 12.0 Å². The van der Waals surface area contributed by atoms with Crippen molar-refractivity contribution in [3.8, 4) is 0 Å². The van der Waals surface area contributed by atoms with E-state index in [0.717, 1.165) is 5.69 Å². The minimum absolute atomic E-state index is 0.191. The minimum atomic E-state index is -0.588. The first-order valence-corrected chi connectivity index (χ1v) is 7.16. The first-order chi connectivity index (χ1) is 10.8. The summed E-state index contributed by atoms with van der Waals surface area (Å²) >= 11 is 0. The molecule has 0 N–H and O–H groups in total. The topological polar surface area (TPSA) is 49.9 Å². The third kappa shape index (κ3) is 1.79. The van der Waals surface area contributed by atoms with Crippen LogP contribution >= 0.6 is 0 Å². The van der Waals surface area contributed by atoms with Crippen LogP contribution in [0.5, 0.6) is 0 Å². The van der Waals surface area contributed by atoms with E-state index in [2.05, 4.69) is 0 Å². The fourth-order valence-corrected chi connectivity index (χ4v) is 3.12. The fraction of sp³-hybridized carbons (Fsp3) is 0.176. The van der Waals surface area contributed by atoms with E-state index in [-0.39, 0.29) is 24.6 Å². The molecule has 4 rings (SSSR count). The Bertz CT molecular complexity index is 717. The molecule has 0 saturated carbocycles. The van der Waals surface area contributed by atoms with E-state index in [0.29, 0.717) is 5.69 Å². The van der Waals surface area contributed by atoms with Gasteiger partial charge in [-0.1, -0.05) is 36.4 Å². The van der Waals surface area contributed by atoms with Crippen molar-refractivity contribution < 1.29 is 14.3 Å². The monoisotopic (exact) mass is 294 g/mol. The van der Waals surface area contributed by atoms with Gasteiger partial charge in [-0.05, 0) is 24.3 Å². The molecule has 2 atom stereocenters. The molecule has 2 aliphatic rings. The van der Waals surface area contributed by atoms with Crippen LogP contribution in [0.2, 0.25) is 0 Å². The van der Waals surface area contributed by atoms with E-state index in [1.807, 2.05) is 60.7 Å². The summed E-state index contributed by atoms with van der Waals surface area (Å²) in [5, 5.41) is 0. The van der Waals surface area contributed by atoms with Gasteiger partial charge in [0.15, 0.2) is 6.04 Å². The number of rotatable bonds is 2. The fourth-order valence-electron chi connectivity index (χ4n) is 3.12. The molecule has 0 spiro atoms. The van der Waals surface area contributed by atoms with Gasteiger partial charge in [-0.3, -0.25) is 9.80 Å². The zero-order valence-corrected chi connectivity index (χ0v) is 11.8. The van der Waals surface area contributed by atoms with Crippen LogP contribution in [-0.2, 0) is 9.53 Å². The Morgan fingerprint density at radius 2 is 1.36 bits per heavy atom. The molecule has 2 unspecified atom stereocenters. The maximum Gasteiger partial charge on any atom is 0.331 e. The number of para-hydroxylation sites is 2. The van der Waals surface area contributed by atoms with Crippen molar-refractivity contribution in [2.24, 2.45) is 0 Å². The van der Waals surface area contributed by atoms with E-state index < -0.39 is 6.04 Å². The number of urea groups is 1. The minimum Gasteiger partial charge on any atom is -0.462 e. The van der Waals surface area contributed by atoms with Gasteiger partial charge in [-0.2, -0.15) is 0 Å². The zero-order chi connectivity index (χ0) is 15.1. The van der Waals surface area contributed by atoms with Crippen molar-refractivity contribution in [3.05, 3.63) is 60.7 Å². The van der Waals surface area contributed by atoms with Crippen LogP contribution in [0, 0.1) is 0 Å². The predicted molar refractivity (Wildman–Crippen MR) is 81.8 cm³/mol.